The molecule has 1 saturated heterocycles. The van der Waals surface area contributed by atoms with Crippen LogP contribution in [0, 0.1) is 5.92 Å². The number of carbonyl (C=O) groups excluding carboxylic acids is 1. The van der Waals surface area contributed by atoms with Gasteiger partial charge < -0.3 is 15.7 Å². The lowest BCUT2D eigenvalue weighted by atomic mass is 9.91. The molecule has 1 aliphatic heterocycles. The van der Waals surface area contributed by atoms with Gasteiger partial charge in [0.15, 0.2) is 0 Å². The molecule has 0 aromatic carbocycles. The summed E-state index contributed by atoms with van der Waals surface area (Å²) in [6, 6.07) is 0.248. The second-order valence-corrected chi connectivity index (χ2v) is 4.09. The van der Waals surface area contributed by atoms with Crippen LogP contribution in [-0.2, 0) is 4.79 Å². The van der Waals surface area contributed by atoms with Gasteiger partial charge in [0.05, 0.1) is 12.0 Å². The highest BCUT2D eigenvalue weighted by atomic mass is 16.3. The lowest BCUT2D eigenvalue weighted by molar-refractivity contribution is -0.126. The van der Waals surface area contributed by atoms with Gasteiger partial charge in [0, 0.05) is 12.6 Å². The fourth-order valence-corrected chi connectivity index (χ4v) is 1.78. The lowest BCUT2D eigenvalue weighted by Gasteiger charge is -2.29. The SMILES string of the molecule is CC(O)CNC(=O)[C@@H]1CCCN[C@@H]1C. The van der Waals surface area contributed by atoms with Gasteiger partial charge in [0.2, 0.25) is 5.91 Å². The van der Waals surface area contributed by atoms with Crippen molar-refractivity contribution in [1.29, 1.82) is 0 Å². The summed E-state index contributed by atoms with van der Waals surface area (Å²) in [5.74, 6) is 0.119. The smallest absolute Gasteiger partial charge is 0.224 e. The van der Waals surface area contributed by atoms with Crippen LogP contribution in [0.4, 0.5) is 0 Å². The van der Waals surface area contributed by atoms with Crippen LogP contribution in [0.15, 0.2) is 0 Å². The molecule has 14 heavy (non-hydrogen) atoms. The van der Waals surface area contributed by atoms with Crippen molar-refractivity contribution in [1.82, 2.24) is 10.6 Å². The van der Waals surface area contributed by atoms with E-state index < -0.39 is 6.10 Å². The highest BCUT2D eigenvalue weighted by molar-refractivity contribution is 5.79. The van der Waals surface area contributed by atoms with Gasteiger partial charge in [0.25, 0.3) is 0 Å². The van der Waals surface area contributed by atoms with E-state index in [4.69, 9.17) is 5.11 Å². The molecule has 4 heteroatoms. The van der Waals surface area contributed by atoms with Gasteiger partial charge in [-0.25, -0.2) is 0 Å². The number of rotatable bonds is 3. The van der Waals surface area contributed by atoms with Crippen molar-refractivity contribution in [2.75, 3.05) is 13.1 Å². The summed E-state index contributed by atoms with van der Waals surface area (Å²) in [5, 5.41) is 15.1. The van der Waals surface area contributed by atoms with Gasteiger partial charge in [-0.3, -0.25) is 4.79 Å². The zero-order chi connectivity index (χ0) is 10.6. The normalized spacial score (nSPS) is 29.6. The average molecular weight is 200 g/mol. The van der Waals surface area contributed by atoms with Crippen molar-refractivity contribution in [2.45, 2.75) is 38.8 Å². The van der Waals surface area contributed by atoms with Crippen molar-refractivity contribution in [3.05, 3.63) is 0 Å². The molecule has 0 spiro atoms. The summed E-state index contributed by atoms with van der Waals surface area (Å²) in [7, 11) is 0. The first-order valence-corrected chi connectivity index (χ1v) is 5.30. The van der Waals surface area contributed by atoms with Gasteiger partial charge in [-0.05, 0) is 33.2 Å². The van der Waals surface area contributed by atoms with Crippen molar-refractivity contribution in [2.24, 2.45) is 5.92 Å². The molecule has 3 N–H and O–H groups in total. The van der Waals surface area contributed by atoms with Crippen LogP contribution in [0.3, 0.4) is 0 Å². The van der Waals surface area contributed by atoms with E-state index >= 15 is 0 Å². The fourth-order valence-electron chi connectivity index (χ4n) is 1.78. The van der Waals surface area contributed by atoms with E-state index in [1.165, 1.54) is 0 Å². The number of hydrogen-bond donors (Lipinski definition) is 3. The summed E-state index contributed by atoms with van der Waals surface area (Å²) < 4.78 is 0. The third-order valence-corrected chi connectivity index (χ3v) is 2.67. The Bertz CT molecular complexity index is 195. The van der Waals surface area contributed by atoms with Crippen LogP contribution in [0.25, 0.3) is 0 Å². The fraction of sp³-hybridized carbons (Fsp3) is 0.900. The predicted molar refractivity (Wildman–Crippen MR) is 54.9 cm³/mol. The van der Waals surface area contributed by atoms with E-state index in [0.29, 0.717) is 6.54 Å². The molecule has 0 radical (unpaired) electrons. The van der Waals surface area contributed by atoms with E-state index in [2.05, 4.69) is 10.6 Å². The zero-order valence-electron chi connectivity index (χ0n) is 8.92. The molecule has 0 aliphatic carbocycles. The van der Waals surface area contributed by atoms with Gasteiger partial charge in [-0.1, -0.05) is 0 Å². The molecule has 1 heterocycles. The number of aliphatic hydroxyl groups excluding tert-OH is 1. The highest BCUT2D eigenvalue weighted by Crippen LogP contribution is 2.15. The second-order valence-electron chi connectivity index (χ2n) is 4.09. The standard InChI is InChI=1S/C10H20N2O2/c1-7(13)6-12-10(14)9-4-3-5-11-8(9)2/h7-9,11,13H,3-6H2,1-2H3,(H,12,14)/t7?,8-,9-/m1/s1. The first-order valence-electron chi connectivity index (χ1n) is 5.30. The second kappa shape index (κ2) is 5.32. The Labute approximate surface area is 85.1 Å². The number of piperidine rings is 1. The molecule has 3 atom stereocenters. The largest absolute Gasteiger partial charge is 0.392 e. The number of hydrogen-bond acceptors (Lipinski definition) is 3. The van der Waals surface area contributed by atoms with Crippen LogP contribution in [0.2, 0.25) is 0 Å². The Balaban J connectivity index is 2.34. The van der Waals surface area contributed by atoms with Crippen LogP contribution >= 0.6 is 0 Å². The summed E-state index contributed by atoms with van der Waals surface area (Å²) in [6.45, 7) is 5.05. The number of amides is 1. The van der Waals surface area contributed by atoms with E-state index in [1.54, 1.807) is 6.92 Å². The molecule has 1 unspecified atom stereocenters. The quantitative estimate of drug-likeness (QED) is 0.595. The molecule has 0 bridgehead atoms. The average Bonchev–Trinajstić information content (AvgIpc) is 2.15. The molecule has 0 aromatic heterocycles. The highest BCUT2D eigenvalue weighted by Gasteiger charge is 2.27. The van der Waals surface area contributed by atoms with Gasteiger partial charge >= 0.3 is 0 Å². The summed E-state index contributed by atoms with van der Waals surface area (Å²) in [6.07, 6.45) is 1.53. The number of carbonyl (C=O) groups is 1. The van der Waals surface area contributed by atoms with E-state index in [0.717, 1.165) is 19.4 Å². The molecule has 0 aromatic rings. The van der Waals surface area contributed by atoms with E-state index in [1.807, 2.05) is 6.92 Å². The molecule has 0 saturated carbocycles. The molecular formula is C10H20N2O2. The van der Waals surface area contributed by atoms with Crippen LogP contribution < -0.4 is 10.6 Å². The Morgan fingerprint density at radius 2 is 2.43 bits per heavy atom. The third-order valence-electron chi connectivity index (χ3n) is 2.67. The first-order chi connectivity index (χ1) is 6.61. The first kappa shape index (κ1) is 11.5. The van der Waals surface area contributed by atoms with Crippen molar-refractivity contribution < 1.29 is 9.90 Å². The van der Waals surface area contributed by atoms with Gasteiger partial charge in [0.1, 0.15) is 0 Å². The lowest BCUT2D eigenvalue weighted by Crippen LogP contribution is -2.47. The summed E-state index contributed by atoms with van der Waals surface area (Å²) in [4.78, 5) is 11.7. The Morgan fingerprint density at radius 1 is 1.71 bits per heavy atom. The van der Waals surface area contributed by atoms with E-state index in [9.17, 15) is 4.79 Å². The minimum absolute atomic E-state index is 0.0579. The van der Waals surface area contributed by atoms with Crippen molar-refractivity contribution in [3.63, 3.8) is 0 Å². The Hall–Kier alpha value is -0.610. The molecule has 82 valence electrons. The Morgan fingerprint density at radius 3 is 3.00 bits per heavy atom. The minimum Gasteiger partial charge on any atom is -0.392 e. The van der Waals surface area contributed by atoms with Crippen LogP contribution in [0.5, 0.6) is 0 Å². The molecule has 1 amide bonds. The van der Waals surface area contributed by atoms with Gasteiger partial charge in [-0.2, -0.15) is 0 Å². The zero-order valence-corrected chi connectivity index (χ0v) is 8.92. The maximum Gasteiger partial charge on any atom is 0.224 e. The van der Waals surface area contributed by atoms with Gasteiger partial charge in [-0.15, -0.1) is 0 Å². The topological polar surface area (TPSA) is 61.4 Å². The molecule has 1 aliphatic rings. The van der Waals surface area contributed by atoms with Crippen molar-refractivity contribution >= 4 is 5.91 Å². The minimum atomic E-state index is -0.467. The predicted octanol–water partition coefficient (Wildman–Crippen LogP) is -0.128. The third kappa shape index (κ3) is 3.27. The summed E-state index contributed by atoms with van der Waals surface area (Å²) >= 11 is 0. The molecular weight excluding hydrogens is 180 g/mol. The maximum atomic E-state index is 11.7. The van der Waals surface area contributed by atoms with Crippen molar-refractivity contribution in [3.8, 4) is 0 Å². The van der Waals surface area contributed by atoms with Crippen LogP contribution in [0.1, 0.15) is 26.7 Å². The number of aliphatic hydroxyl groups is 1. The molecule has 4 nitrogen and oxygen atoms in total. The monoisotopic (exact) mass is 200 g/mol. The molecule has 1 fully saturated rings. The number of nitrogens with one attached hydrogen (secondary N) is 2. The Kier molecular flexibility index (Phi) is 4.35. The molecule has 1 rings (SSSR count). The summed E-state index contributed by atoms with van der Waals surface area (Å²) in [5.41, 5.74) is 0. The van der Waals surface area contributed by atoms with Crippen LogP contribution in [-0.4, -0.2) is 36.2 Å². The maximum absolute atomic E-state index is 11.7. The van der Waals surface area contributed by atoms with E-state index in [-0.39, 0.29) is 17.9 Å².